The molecule has 1 rings (SSSR count). The van der Waals surface area contributed by atoms with Gasteiger partial charge < -0.3 is 9.64 Å². The molecule has 0 fully saturated rings. The fourth-order valence-electron chi connectivity index (χ4n) is 1.19. The Balaban J connectivity index is 2.79. The van der Waals surface area contributed by atoms with Crippen molar-refractivity contribution in [3.8, 4) is 0 Å². The highest BCUT2D eigenvalue weighted by atomic mass is 35.5. The molecule has 1 aliphatic rings. The maximum atomic E-state index is 6.02. The van der Waals surface area contributed by atoms with Crippen LogP contribution in [0, 0.1) is 0 Å². The summed E-state index contributed by atoms with van der Waals surface area (Å²) in [6.07, 6.45) is 6.76. The lowest BCUT2D eigenvalue weighted by Gasteiger charge is -2.26. The van der Waals surface area contributed by atoms with Crippen molar-refractivity contribution in [3.63, 3.8) is 0 Å². The van der Waals surface area contributed by atoms with Crippen LogP contribution in [0.3, 0.4) is 0 Å². The molecule has 0 unspecified atom stereocenters. The van der Waals surface area contributed by atoms with Crippen molar-refractivity contribution in [3.05, 3.63) is 59.2 Å². The van der Waals surface area contributed by atoms with E-state index >= 15 is 0 Å². The summed E-state index contributed by atoms with van der Waals surface area (Å²) in [5, 5.41) is 1.14. The lowest BCUT2D eigenvalue weighted by atomic mass is 10.3. The third-order valence-corrected chi connectivity index (χ3v) is 2.37. The molecule has 0 N–H and O–H groups in total. The summed E-state index contributed by atoms with van der Waals surface area (Å²) in [4.78, 5) is 1.82. The van der Waals surface area contributed by atoms with Crippen LogP contribution in [0.5, 0.6) is 0 Å². The lowest BCUT2D eigenvalue weighted by molar-refractivity contribution is 0.199. The average Bonchev–Trinajstić information content (AvgIpc) is 2.20. The van der Waals surface area contributed by atoms with Crippen LogP contribution < -0.4 is 0 Å². The largest absolute Gasteiger partial charge is 0.440 e. The van der Waals surface area contributed by atoms with E-state index in [-0.39, 0.29) is 0 Å². The molecule has 0 saturated carbocycles. The molecule has 16 heavy (non-hydrogen) atoms. The minimum atomic E-state index is 0.465. The molecular weight excluding hydrogens is 245 g/mol. The zero-order chi connectivity index (χ0) is 12.1. The van der Waals surface area contributed by atoms with E-state index in [0.717, 1.165) is 0 Å². The molecule has 0 atom stereocenters. The van der Waals surface area contributed by atoms with Gasteiger partial charge in [-0.3, -0.25) is 0 Å². The first-order valence-electron chi connectivity index (χ1n) is 4.67. The van der Waals surface area contributed by atoms with Crippen LogP contribution in [0.25, 0.3) is 0 Å². The second-order valence-electron chi connectivity index (χ2n) is 3.26. The summed E-state index contributed by atoms with van der Waals surface area (Å²) in [6, 6.07) is 0. The number of rotatable bonds is 4. The van der Waals surface area contributed by atoms with Gasteiger partial charge in [0.1, 0.15) is 10.8 Å². The smallest absolute Gasteiger partial charge is 0.214 e. The van der Waals surface area contributed by atoms with Gasteiger partial charge in [-0.1, -0.05) is 48.5 Å². The predicted octanol–water partition coefficient (Wildman–Crippen LogP) is 3.73. The average molecular weight is 258 g/mol. The first kappa shape index (κ1) is 12.9. The van der Waals surface area contributed by atoms with Gasteiger partial charge in [0.05, 0.1) is 6.54 Å². The Bertz CT molecular complexity index is 394. The molecule has 0 amide bonds. The fraction of sp³-hybridized carbons (Fsp3) is 0.167. The van der Waals surface area contributed by atoms with Crippen molar-refractivity contribution >= 4 is 23.2 Å². The van der Waals surface area contributed by atoms with Gasteiger partial charge in [0.2, 0.25) is 5.88 Å². The fourth-order valence-corrected chi connectivity index (χ4v) is 1.84. The van der Waals surface area contributed by atoms with Crippen LogP contribution >= 0.6 is 23.2 Å². The van der Waals surface area contributed by atoms with Crippen molar-refractivity contribution in [1.82, 2.24) is 4.90 Å². The predicted molar refractivity (Wildman–Crippen MR) is 69.0 cm³/mol. The molecule has 0 bridgehead atoms. The van der Waals surface area contributed by atoms with Crippen molar-refractivity contribution < 1.29 is 4.74 Å². The Morgan fingerprint density at radius 1 is 1.56 bits per heavy atom. The molecule has 0 saturated heterocycles. The third-order valence-electron chi connectivity index (χ3n) is 1.87. The topological polar surface area (TPSA) is 12.5 Å². The number of likely N-dealkylation sites (N-methyl/N-ethyl adjacent to an activating group) is 1. The van der Waals surface area contributed by atoms with Crippen molar-refractivity contribution in [2.24, 2.45) is 0 Å². The molecule has 1 aliphatic heterocycles. The van der Waals surface area contributed by atoms with Gasteiger partial charge >= 0.3 is 0 Å². The highest BCUT2D eigenvalue weighted by molar-refractivity contribution is 6.35. The number of hydrogen-bond acceptors (Lipinski definition) is 2. The molecule has 0 aromatic heterocycles. The number of allylic oxidation sites excluding steroid dienone is 5. The van der Waals surface area contributed by atoms with Gasteiger partial charge in [-0.2, -0.15) is 0 Å². The number of hydrogen-bond donors (Lipinski definition) is 0. The zero-order valence-corrected chi connectivity index (χ0v) is 10.6. The maximum Gasteiger partial charge on any atom is 0.214 e. The molecular formula is C12H13Cl2NO. The molecule has 0 radical (unpaired) electrons. The molecule has 4 heteroatoms. The van der Waals surface area contributed by atoms with Gasteiger partial charge in [-0.05, 0) is 12.2 Å². The number of nitrogens with zero attached hydrogens (tertiary/aromatic N) is 1. The number of ether oxygens (including phenoxy) is 1. The molecule has 1 heterocycles. The molecule has 2 nitrogen and oxygen atoms in total. The van der Waals surface area contributed by atoms with Crippen LogP contribution in [-0.4, -0.2) is 18.5 Å². The van der Waals surface area contributed by atoms with E-state index in [0.29, 0.717) is 28.3 Å². The van der Waals surface area contributed by atoms with E-state index in [2.05, 4.69) is 13.2 Å². The molecule has 0 aliphatic carbocycles. The quantitative estimate of drug-likeness (QED) is 0.562. The van der Waals surface area contributed by atoms with E-state index in [1.165, 1.54) is 0 Å². The Morgan fingerprint density at radius 2 is 2.25 bits per heavy atom. The van der Waals surface area contributed by atoms with Crippen molar-refractivity contribution in [1.29, 1.82) is 0 Å². The van der Waals surface area contributed by atoms with Gasteiger partial charge in [0, 0.05) is 12.1 Å². The van der Waals surface area contributed by atoms with Crippen molar-refractivity contribution in [2.75, 3.05) is 13.6 Å². The van der Waals surface area contributed by atoms with Gasteiger partial charge in [0.25, 0.3) is 0 Å². The third kappa shape index (κ3) is 3.47. The second-order valence-corrected chi connectivity index (χ2v) is 4.16. The Morgan fingerprint density at radius 3 is 2.81 bits per heavy atom. The monoisotopic (exact) mass is 257 g/mol. The van der Waals surface area contributed by atoms with E-state index in [1.54, 1.807) is 24.3 Å². The minimum Gasteiger partial charge on any atom is -0.440 e. The first-order valence-corrected chi connectivity index (χ1v) is 5.43. The Hall–Kier alpha value is -1.12. The summed E-state index contributed by atoms with van der Waals surface area (Å²) >= 11 is 11.9. The SMILES string of the molecule is C=C/C=C\C(=C)OC1=C(Cl)C=C(Cl)CN1C. The van der Waals surface area contributed by atoms with E-state index in [4.69, 9.17) is 27.9 Å². The highest BCUT2D eigenvalue weighted by Gasteiger charge is 2.17. The first-order chi connectivity index (χ1) is 7.54. The zero-order valence-electron chi connectivity index (χ0n) is 9.04. The van der Waals surface area contributed by atoms with Crippen LogP contribution in [0.4, 0.5) is 0 Å². The Kier molecular flexibility index (Phi) is 4.71. The van der Waals surface area contributed by atoms with E-state index in [1.807, 2.05) is 11.9 Å². The van der Waals surface area contributed by atoms with Crippen LogP contribution in [0.1, 0.15) is 0 Å². The number of halogens is 2. The summed E-state index contributed by atoms with van der Waals surface area (Å²) in [6.45, 7) is 7.88. The van der Waals surface area contributed by atoms with Crippen LogP contribution in [0.2, 0.25) is 0 Å². The van der Waals surface area contributed by atoms with Gasteiger partial charge in [-0.25, -0.2) is 0 Å². The summed E-state index contributed by atoms with van der Waals surface area (Å²) in [7, 11) is 1.84. The second kappa shape index (κ2) is 5.83. The molecule has 0 aromatic rings. The maximum absolute atomic E-state index is 6.02. The normalized spacial score (nSPS) is 16.4. The van der Waals surface area contributed by atoms with Crippen LogP contribution in [-0.2, 0) is 4.74 Å². The van der Waals surface area contributed by atoms with E-state index in [9.17, 15) is 0 Å². The molecule has 0 spiro atoms. The molecule has 86 valence electrons. The van der Waals surface area contributed by atoms with Gasteiger partial charge in [0.15, 0.2) is 0 Å². The highest BCUT2D eigenvalue weighted by Crippen LogP contribution is 2.26. The minimum absolute atomic E-state index is 0.465. The Labute approximate surface area is 106 Å². The van der Waals surface area contributed by atoms with Crippen LogP contribution in [0.15, 0.2) is 59.2 Å². The van der Waals surface area contributed by atoms with Crippen molar-refractivity contribution in [2.45, 2.75) is 0 Å². The summed E-state index contributed by atoms with van der Waals surface area (Å²) in [5.74, 6) is 1.04. The summed E-state index contributed by atoms with van der Waals surface area (Å²) < 4.78 is 5.51. The summed E-state index contributed by atoms with van der Waals surface area (Å²) in [5.41, 5.74) is 0. The standard InChI is InChI=1S/C12H13Cl2NO/c1-4-5-6-9(2)16-12-11(14)7-10(13)8-15(12)3/h4-7H,1-2,8H2,3H3/b6-5-. The molecule has 0 aromatic carbocycles. The lowest BCUT2D eigenvalue weighted by Crippen LogP contribution is -2.24. The van der Waals surface area contributed by atoms with E-state index < -0.39 is 0 Å². The van der Waals surface area contributed by atoms with Gasteiger partial charge in [-0.15, -0.1) is 0 Å².